The predicted octanol–water partition coefficient (Wildman–Crippen LogP) is 4.61. The topological polar surface area (TPSA) is 60.9 Å². The maximum absolute atomic E-state index is 11.5. The number of methoxy groups -OCH3 is 2. The van der Waals surface area contributed by atoms with Gasteiger partial charge in [-0.3, -0.25) is 0 Å². The quantitative estimate of drug-likeness (QED) is 0.563. The average molecular weight is 401 g/mol. The maximum atomic E-state index is 11.5. The van der Waals surface area contributed by atoms with Crippen molar-refractivity contribution >= 4 is 39.8 Å². The smallest absolute Gasteiger partial charge is 0.346 e. The van der Waals surface area contributed by atoms with Gasteiger partial charge >= 0.3 is 5.97 Å². The molecule has 3 aromatic rings. The fourth-order valence-electron chi connectivity index (χ4n) is 2.80. The lowest BCUT2D eigenvalue weighted by molar-refractivity contribution is -0.147. The minimum Gasteiger partial charge on any atom is -0.480 e. The fourth-order valence-corrected chi connectivity index (χ4v) is 2.97. The standard InChI is InChI=1S/C21H21ClN2O4/c1-13(21(25)27-4)28-17-9-7-16(8-10-17)24(2)19-11-14-5-6-15(22)12-18(14)20(23-19)26-3/h5-13H,1-4H3. The van der Waals surface area contributed by atoms with Crippen LogP contribution < -0.4 is 14.4 Å². The maximum Gasteiger partial charge on any atom is 0.346 e. The summed E-state index contributed by atoms with van der Waals surface area (Å²) in [4.78, 5) is 18.0. The highest BCUT2D eigenvalue weighted by atomic mass is 35.5. The Bertz CT molecular complexity index is 992. The van der Waals surface area contributed by atoms with Crippen molar-refractivity contribution in [2.24, 2.45) is 0 Å². The van der Waals surface area contributed by atoms with Gasteiger partial charge in [-0.2, -0.15) is 4.98 Å². The third-order valence-electron chi connectivity index (χ3n) is 4.35. The zero-order chi connectivity index (χ0) is 20.3. The van der Waals surface area contributed by atoms with Crippen molar-refractivity contribution in [2.45, 2.75) is 13.0 Å². The Morgan fingerprint density at radius 2 is 1.82 bits per heavy atom. The third kappa shape index (κ3) is 4.12. The van der Waals surface area contributed by atoms with Crippen LogP contribution >= 0.6 is 11.6 Å². The molecule has 0 aliphatic rings. The molecule has 6 nitrogen and oxygen atoms in total. The second-order valence-corrected chi connectivity index (χ2v) is 6.63. The number of esters is 1. The number of halogens is 1. The van der Waals surface area contributed by atoms with Crippen molar-refractivity contribution in [1.29, 1.82) is 0 Å². The molecule has 0 radical (unpaired) electrons. The molecular formula is C21H21ClN2O4. The van der Waals surface area contributed by atoms with Gasteiger partial charge in [0.2, 0.25) is 5.88 Å². The van der Waals surface area contributed by atoms with Crippen molar-refractivity contribution in [3.8, 4) is 11.6 Å². The van der Waals surface area contributed by atoms with Gasteiger partial charge in [0.05, 0.1) is 14.2 Å². The highest BCUT2D eigenvalue weighted by molar-refractivity contribution is 6.31. The lowest BCUT2D eigenvalue weighted by atomic mass is 10.1. The summed E-state index contributed by atoms with van der Waals surface area (Å²) in [7, 11) is 4.83. The van der Waals surface area contributed by atoms with E-state index in [0.29, 0.717) is 16.7 Å². The van der Waals surface area contributed by atoms with Crippen molar-refractivity contribution in [1.82, 2.24) is 4.98 Å². The first-order valence-electron chi connectivity index (χ1n) is 8.65. The van der Waals surface area contributed by atoms with E-state index in [1.807, 2.05) is 48.3 Å². The van der Waals surface area contributed by atoms with Gasteiger partial charge in [-0.25, -0.2) is 4.79 Å². The van der Waals surface area contributed by atoms with Crippen molar-refractivity contribution in [3.05, 3.63) is 53.6 Å². The SMILES string of the molecule is COC(=O)C(C)Oc1ccc(N(C)c2cc3ccc(Cl)cc3c(OC)n2)cc1. The zero-order valence-corrected chi connectivity index (χ0v) is 16.9. The van der Waals surface area contributed by atoms with E-state index in [9.17, 15) is 4.79 Å². The van der Waals surface area contributed by atoms with E-state index in [4.69, 9.17) is 21.1 Å². The molecule has 0 saturated heterocycles. The number of benzene rings is 2. The number of anilines is 2. The molecule has 0 amide bonds. The summed E-state index contributed by atoms with van der Waals surface area (Å²) in [5, 5.41) is 2.46. The molecule has 0 fully saturated rings. The summed E-state index contributed by atoms with van der Waals surface area (Å²) in [6, 6.07) is 14.9. The van der Waals surface area contributed by atoms with E-state index in [-0.39, 0.29) is 0 Å². The summed E-state index contributed by atoms with van der Waals surface area (Å²) in [5.41, 5.74) is 0.904. The zero-order valence-electron chi connectivity index (χ0n) is 16.1. The van der Waals surface area contributed by atoms with E-state index < -0.39 is 12.1 Å². The normalized spacial score (nSPS) is 11.8. The van der Waals surface area contributed by atoms with Crippen LogP contribution in [0.3, 0.4) is 0 Å². The number of hydrogen-bond acceptors (Lipinski definition) is 6. The number of rotatable bonds is 6. The number of hydrogen-bond donors (Lipinski definition) is 0. The first kappa shape index (κ1) is 19.8. The molecule has 1 unspecified atom stereocenters. The number of aromatic nitrogens is 1. The van der Waals surface area contributed by atoms with Gasteiger partial charge in [-0.05, 0) is 54.8 Å². The minimum absolute atomic E-state index is 0.422. The molecule has 0 bridgehead atoms. The molecule has 3 rings (SSSR count). The van der Waals surface area contributed by atoms with E-state index >= 15 is 0 Å². The molecule has 0 N–H and O–H groups in total. The van der Waals surface area contributed by atoms with Crippen molar-refractivity contribution in [2.75, 3.05) is 26.2 Å². The number of pyridine rings is 1. The average Bonchev–Trinajstić information content (AvgIpc) is 2.72. The minimum atomic E-state index is -0.674. The molecule has 0 aliphatic carbocycles. The Morgan fingerprint density at radius 3 is 2.46 bits per heavy atom. The Kier molecular flexibility index (Phi) is 5.90. The highest BCUT2D eigenvalue weighted by Crippen LogP contribution is 2.32. The number of fused-ring (bicyclic) bond motifs is 1. The van der Waals surface area contributed by atoms with Crippen molar-refractivity contribution in [3.63, 3.8) is 0 Å². The van der Waals surface area contributed by atoms with Crippen LogP contribution in [0, 0.1) is 0 Å². The fraction of sp³-hybridized carbons (Fsp3) is 0.238. The van der Waals surface area contributed by atoms with Crippen LogP contribution in [0.1, 0.15) is 6.92 Å². The van der Waals surface area contributed by atoms with Crippen LogP contribution in [0.15, 0.2) is 48.5 Å². The Labute approximate surface area is 168 Å². The highest BCUT2D eigenvalue weighted by Gasteiger charge is 2.15. The van der Waals surface area contributed by atoms with E-state index in [0.717, 1.165) is 22.3 Å². The summed E-state index contributed by atoms with van der Waals surface area (Å²) in [6.07, 6.45) is -0.674. The van der Waals surface area contributed by atoms with Gasteiger partial charge in [-0.1, -0.05) is 17.7 Å². The molecule has 1 aromatic heterocycles. The molecule has 0 aliphatic heterocycles. The van der Waals surface area contributed by atoms with Crippen LogP contribution in [0.5, 0.6) is 11.6 Å². The summed E-state index contributed by atoms with van der Waals surface area (Å²) in [5.74, 6) is 1.39. The molecule has 146 valence electrons. The van der Waals surface area contributed by atoms with Crippen LogP contribution in [0.2, 0.25) is 5.02 Å². The Morgan fingerprint density at radius 1 is 1.11 bits per heavy atom. The molecule has 28 heavy (non-hydrogen) atoms. The predicted molar refractivity (Wildman–Crippen MR) is 110 cm³/mol. The van der Waals surface area contributed by atoms with E-state index in [2.05, 4.69) is 9.72 Å². The Hall–Kier alpha value is -2.99. The van der Waals surface area contributed by atoms with Crippen LogP contribution in [-0.4, -0.2) is 38.3 Å². The van der Waals surface area contributed by atoms with Crippen LogP contribution in [0.25, 0.3) is 10.8 Å². The summed E-state index contributed by atoms with van der Waals surface area (Å²) < 4.78 is 15.7. The number of nitrogens with zero attached hydrogens (tertiary/aromatic N) is 2. The van der Waals surface area contributed by atoms with Gasteiger partial charge in [0.25, 0.3) is 0 Å². The summed E-state index contributed by atoms with van der Waals surface area (Å²) in [6.45, 7) is 1.64. The number of ether oxygens (including phenoxy) is 3. The molecular weight excluding hydrogens is 380 g/mol. The first-order chi connectivity index (χ1) is 13.4. The van der Waals surface area contributed by atoms with Crippen LogP contribution in [-0.2, 0) is 9.53 Å². The van der Waals surface area contributed by atoms with E-state index in [1.165, 1.54) is 7.11 Å². The second kappa shape index (κ2) is 8.35. The van der Waals surface area contributed by atoms with Gasteiger partial charge in [0.1, 0.15) is 11.6 Å². The van der Waals surface area contributed by atoms with E-state index in [1.54, 1.807) is 26.2 Å². The van der Waals surface area contributed by atoms with Crippen LogP contribution in [0.4, 0.5) is 11.5 Å². The van der Waals surface area contributed by atoms with Gasteiger partial charge in [-0.15, -0.1) is 0 Å². The molecule has 2 aromatic carbocycles. The largest absolute Gasteiger partial charge is 0.480 e. The molecule has 1 atom stereocenters. The third-order valence-corrected chi connectivity index (χ3v) is 4.59. The molecule has 7 heteroatoms. The lowest BCUT2D eigenvalue weighted by Crippen LogP contribution is -2.24. The first-order valence-corrected chi connectivity index (χ1v) is 9.03. The van der Waals surface area contributed by atoms with Gasteiger partial charge in [0, 0.05) is 23.1 Å². The monoisotopic (exact) mass is 400 g/mol. The lowest BCUT2D eigenvalue weighted by Gasteiger charge is -2.20. The molecule has 0 spiro atoms. The van der Waals surface area contributed by atoms with Gasteiger partial charge < -0.3 is 19.1 Å². The van der Waals surface area contributed by atoms with Crippen molar-refractivity contribution < 1.29 is 19.0 Å². The molecule has 1 heterocycles. The number of carbonyl (C=O) groups excluding carboxylic acids is 1. The summed E-state index contributed by atoms with van der Waals surface area (Å²) >= 11 is 6.09. The number of carbonyl (C=O) groups is 1. The molecule has 0 saturated carbocycles. The van der Waals surface area contributed by atoms with Gasteiger partial charge in [0.15, 0.2) is 6.10 Å². The second-order valence-electron chi connectivity index (χ2n) is 6.19. The Balaban J connectivity index is 1.86.